The number of hydrogen-bond acceptors (Lipinski definition) is 4. The molecular formula is C21H24F3N3OS. The number of amides is 1. The fourth-order valence-corrected chi connectivity index (χ4v) is 4.13. The molecule has 0 unspecified atom stereocenters. The first-order valence-corrected chi connectivity index (χ1v) is 10.7. The molecule has 1 aromatic heterocycles. The second-order valence-corrected chi connectivity index (χ2v) is 8.55. The number of benzene rings is 1. The van der Waals surface area contributed by atoms with Gasteiger partial charge in [-0.3, -0.25) is 4.79 Å². The molecule has 1 atom stereocenters. The summed E-state index contributed by atoms with van der Waals surface area (Å²) in [5.41, 5.74) is -0.255. The molecule has 3 rings (SSSR count). The molecule has 0 spiro atoms. The minimum atomic E-state index is -4.59. The summed E-state index contributed by atoms with van der Waals surface area (Å²) in [6.07, 6.45) is 1.83. The summed E-state index contributed by atoms with van der Waals surface area (Å²) in [4.78, 5) is 20.5. The molecule has 1 N–H and O–H groups in total. The molecule has 2 aromatic rings. The van der Waals surface area contributed by atoms with E-state index in [1.54, 1.807) is 37.3 Å². The molecule has 8 heteroatoms. The van der Waals surface area contributed by atoms with Crippen LogP contribution in [0.25, 0.3) is 11.3 Å². The highest BCUT2D eigenvalue weighted by Gasteiger charge is 2.34. The van der Waals surface area contributed by atoms with Gasteiger partial charge >= 0.3 is 6.18 Å². The number of halogens is 3. The number of aromatic nitrogens is 2. The topological polar surface area (TPSA) is 54.9 Å². The quantitative estimate of drug-likeness (QED) is 0.393. The van der Waals surface area contributed by atoms with E-state index in [9.17, 15) is 18.0 Å². The maximum atomic E-state index is 13.3. The molecule has 156 valence electrons. The van der Waals surface area contributed by atoms with Crippen LogP contribution in [0.3, 0.4) is 0 Å². The molecule has 0 saturated heterocycles. The van der Waals surface area contributed by atoms with Gasteiger partial charge in [-0.2, -0.15) is 13.2 Å². The number of nitrogens with zero attached hydrogens (tertiary/aromatic N) is 2. The summed E-state index contributed by atoms with van der Waals surface area (Å²) in [7, 11) is 0. The average molecular weight is 424 g/mol. The lowest BCUT2D eigenvalue weighted by atomic mass is 10.1. The van der Waals surface area contributed by atoms with Crippen LogP contribution in [0.4, 0.5) is 13.2 Å². The molecule has 1 aliphatic rings. The molecule has 29 heavy (non-hydrogen) atoms. The third-order valence-electron chi connectivity index (χ3n) is 4.92. The van der Waals surface area contributed by atoms with Crippen LogP contribution in [0.2, 0.25) is 0 Å². The second-order valence-electron chi connectivity index (χ2n) is 7.24. The van der Waals surface area contributed by atoms with E-state index in [1.165, 1.54) is 12.8 Å². The van der Waals surface area contributed by atoms with Crippen molar-refractivity contribution in [1.29, 1.82) is 0 Å². The van der Waals surface area contributed by atoms with Crippen LogP contribution in [0.1, 0.15) is 51.1 Å². The van der Waals surface area contributed by atoms with E-state index in [2.05, 4.69) is 15.3 Å². The zero-order valence-corrected chi connectivity index (χ0v) is 17.0. The van der Waals surface area contributed by atoms with E-state index in [0.29, 0.717) is 5.56 Å². The minimum absolute atomic E-state index is 0.0535. The number of alkyl halides is 3. The number of hydrogen-bond donors (Lipinski definition) is 1. The second kappa shape index (κ2) is 9.61. The van der Waals surface area contributed by atoms with Gasteiger partial charge in [0.1, 0.15) is 5.69 Å². The van der Waals surface area contributed by atoms with E-state index in [-0.39, 0.29) is 22.8 Å². The third-order valence-corrected chi connectivity index (χ3v) is 5.88. The van der Waals surface area contributed by atoms with Crippen molar-refractivity contribution in [3.63, 3.8) is 0 Å². The first-order chi connectivity index (χ1) is 13.8. The standard InChI is InChI=1S/C21H24F3N3OS/c1-14(19(28)25-16-11-7-2-3-8-12-16)29-20-26-17(15-9-5-4-6-10-15)13-18(27-20)21(22,23)24/h4-6,9-10,13-14,16H,2-3,7-8,11-12H2,1H3,(H,25,28)/t14-/m0/s1. The van der Waals surface area contributed by atoms with Gasteiger partial charge in [-0.05, 0) is 25.8 Å². The maximum Gasteiger partial charge on any atom is 0.433 e. The maximum absolute atomic E-state index is 13.3. The zero-order chi connectivity index (χ0) is 20.9. The van der Waals surface area contributed by atoms with E-state index in [1.807, 2.05) is 0 Å². The Morgan fingerprint density at radius 2 is 1.76 bits per heavy atom. The van der Waals surface area contributed by atoms with E-state index in [4.69, 9.17) is 0 Å². The van der Waals surface area contributed by atoms with Gasteiger partial charge in [-0.1, -0.05) is 67.8 Å². The van der Waals surface area contributed by atoms with Crippen LogP contribution in [-0.4, -0.2) is 27.2 Å². The van der Waals surface area contributed by atoms with Crippen molar-refractivity contribution in [3.8, 4) is 11.3 Å². The number of nitrogens with one attached hydrogen (secondary N) is 1. The highest BCUT2D eigenvalue weighted by molar-refractivity contribution is 8.00. The van der Waals surface area contributed by atoms with Gasteiger partial charge in [0.15, 0.2) is 5.16 Å². The summed E-state index contributed by atoms with van der Waals surface area (Å²) in [6, 6.07) is 9.72. The van der Waals surface area contributed by atoms with E-state index >= 15 is 0 Å². The molecule has 1 heterocycles. The van der Waals surface area contributed by atoms with Gasteiger partial charge in [0.25, 0.3) is 0 Å². The number of thioether (sulfide) groups is 1. The van der Waals surface area contributed by atoms with Crippen LogP contribution in [0.5, 0.6) is 0 Å². The summed E-state index contributed by atoms with van der Waals surface area (Å²) >= 11 is 0.950. The summed E-state index contributed by atoms with van der Waals surface area (Å²) in [5.74, 6) is -0.191. The Balaban J connectivity index is 1.77. The van der Waals surface area contributed by atoms with Crippen molar-refractivity contribution < 1.29 is 18.0 Å². The SMILES string of the molecule is C[C@H](Sc1nc(-c2ccccc2)cc(C(F)(F)F)n1)C(=O)NC1CCCCCC1. The Morgan fingerprint density at radius 3 is 2.38 bits per heavy atom. The Morgan fingerprint density at radius 1 is 1.10 bits per heavy atom. The molecule has 4 nitrogen and oxygen atoms in total. The van der Waals surface area contributed by atoms with Crippen LogP contribution in [-0.2, 0) is 11.0 Å². The Hall–Kier alpha value is -2.09. The highest BCUT2D eigenvalue weighted by Crippen LogP contribution is 2.33. The van der Waals surface area contributed by atoms with Gasteiger partial charge in [0.2, 0.25) is 5.91 Å². The van der Waals surface area contributed by atoms with Gasteiger partial charge in [0.05, 0.1) is 10.9 Å². The molecule has 1 amide bonds. The Bertz CT molecular complexity index is 822. The summed E-state index contributed by atoms with van der Waals surface area (Å²) < 4.78 is 40.0. The number of carbonyl (C=O) groups excluding carboxylic acids is 1. The lowest BCUT2D eigenvalue weighted by Crippen LogP contribution is -2.39. The predicted octanol–water partition coefficient (Wildman–Crippen LogP) is 5.48. The largest absolute Gasteiger partial charge is 0.433 e. The normalized spacial score (nSPS) is 16.8. The third kappa shape index (κ3) is 6.19. The summed E-state index contributed by atoms with van der Waals surface area (Å²) in [5, 5.41) is 2.39. The van der Waals surface area contributed by atoms with Crippen molar-refractivity contribution in [1.82, 2.24) is 15.3 Å². The van der Waals surface area contributed by atoms with E-state index < -0.39 is 17.1 Å². The molecule has 0 aliphatic heterocycles. The summed E-state index contributed by atoms with van der Waals surface area (Å²) in [6.45, 7) is 1.67. The van der Waals surface area contributed by atoms with Gasteiger partial charge in [-0.15, -0.1) is 0 Å². The molecule has 1 aliphatic carbocycles. The van der Waals surface area contributed by atoms with Crippen LogP contribution < -0.4 is 5.32 Å². The van der Waals surface area contributed by atoms with Gasteiger partial charge < -0.3 is 5.32 Å². The number of rotatable bonds is 5. The Labute approximate surface area is 172 Å². The Kier molecular flexibility index (Phi) is 7.16. The van der Waals surface area contributed by atoms with Crippen LogP contribution in [0, 0.1) is 0 Å². The number of carbonyl (C=O) groups is 1. The van der Waals surface area contributed by atoms with Crippen LogP contribution >= 0.6 is 11.8 Å². The average Bonchev–Trinajstić information content (AvgIpc) is 2.96. The van der Waals surface area contributed by atoms with E-state index in [0.717, 1.165) is 43.5 Å². The fourth-order valence-electron chi connectivity index (χ4n) is 3.33. The van der Waals surface area contributed by atoms with Gasteiger partial charge in [0, 0.05) is 11.6 Å². The molecule has 1 saturated carbocycles. The van der Waals surface area contributed by atoms with Crippen molar-refractivity contribution >= 4 is 17.7 Å². The first-order valence-electron chi connectivity index (χ1n) is 9.81. The van der Waals surface area contributed by atoms with Crippen LogP contribution in [0.15, 0.2) is 41.6 Å². The van der Waals surface area contributed by atoms with Crippen molar-refractivity contribution in [2.24, 2.45) is 0 Å². The molecule has 1 aromatic carbocycles. The fraction of sp³-hybridized carbons (Fsp3) is 0.476. The van der Waals surface area contributed by atoms with Crippen molar-refractivity contribution in [2.45, 2.75) is 68.1 Å². The molecule has 1 fully saturated rings. The lowest BCUT2D eigenvalue weighted by Gasteiger charge is -2.19. The predicted molar refractivity (Wildman–Crippen MR) is 107 cm³/mol. The highest BCUT2D eigenvalue weighted by atomic mass is 32.2. The minimum Gasteiger partial charge on any atom is -0.352 e. The molecular weight excluding hydrogens is 399 g/mol. The van der Waals surface area contributed by atoms with Crippen molar-refractivity contribution in [2.75, 3.05) is 0 Å². The lowest BCUT2D eigenvalue weighted by molar-refractivity contribution is -0.141. The van der Waals surface area contributed by atoms with Crippen molar-refractivity contribution in [3.05, 3.63) is 42.1 Å². The van der Waals surface area contributed by atoms with Gasteiger partial charge in [-0.25, -0.2) is 9.97 Å². The monoisotopic (exact) mass is 423 g/mol. The first kappa shape index (κ1) is 21.6. The smallest absolute Gasteiger partial charge is 0.352 e. The molecule has 0 radical (unpaired) electrons. The zero-order valence-electron chi connectivity index (χ0n) is 16.2. The molecule has 0 bridgehead atoms.